The summed E-state index contributed by atoms with van der Waals surface area (Å²) >= 11 is 19.1. The summed E-state index contributed by atoms with van der Waals surface area (Å²) in [5.74, 6) is 0.164. The minimum absolute atomic E-state index is 0.0324. The number of carbonyl (C=O) groups excluding carboxylic acids is 1. The average molecular weight is 582 g/mol. The number of esters is 1. The zero-order valence-electron chi connectivity index (χ0n) is 16.0. The van der Waals surface area contributed by atoms with Crippen LogP contribution in [-0.2, 0) is 21.0 Å². The summed E-state index contributed by atoms with van der Waals surface area (Å²) in [6.45, 7) is 0.399. The molecule has 0 amide bonds. The van der Waals surface area contributed by atoms with E-state index in [1.807, 2.05) is 6.07 Å². The minimum atomic E-state index is -0.624. The van der Waals surface area contributed by atoms with Crippen LogP contribution in [0.3, 0.4) is 0 Å². The highest BCUT2D eigenvalue weighted by Gasteiger charge is 2.19. The summed E-state index contributed by atoms with van der Waals surface area (Å²) in [5.41, 5.74) is 1.25. The molecule has 0 radical (unpaired) electrons. The van der Waals surface area contributed by atoms with Crippen molar-refractivity contribution >= 4 is 66.7 Å². The van der Waals surface area contributed by atoms with Crippen molar-refractivity contribution in [2.45, 2.75) is 6.61 Å². The quantitative estimate of drug-likeness (QED) is 0.203. The van der Waals surface area contributed by atoms with Crippen molar-refractivity contribution in [2.75, 3.05) is 20.8 Å². The van der Waals surface area contributed by atoms with E-state index in [-0.39, 0.29) is 18.9 Å². The fourth-order valence-corrected chi connectivity index (χ4v) is 3.21. The molecule has 30 heavy (non-hydrogen) atoms. The number of oxime groups is 1. The van der Waals surface area contributed by atoms with Crippen LogP contribution in [0.4, 0.5) is 0 Å². The highest BCUT2D eigenvalue weighted by Crippen LogP contribution is 2.37. The van der Waals surface area contributed by atoms with Gasteiger partial charge in [-0.05, 0) is 43.5 Å². The first-order chi connectivity index (χ1) is 14.4. The molecular weight excluding hydrogens is 565 g/mol. The van der Waals surface area contributed by atoms with Crippen LogP contribution in [0.5, 0.6) is 11.5 Å². The third kappa shape index (κ3) is 6.91. The lowest BCUT2D eigenvalue weighted by molar-refractivity contribution is -0.132. The Morgan fingerprint density at radius 1 is 1.10 bits per heavy atom. The van der Waals surface area contributed by atoms with E-state index in [0.29, 0.717) is 32.7 Å². The minimum Gasteiger partial charge on any atom is -0.489 e. The Bertz CT molecular complexity index is 939. The molecule has 0 aliphatic carbocycles. The Balaban J connectivity index is 2.21. The predicted octanol–water partition coefficient (Wildman–Crippen LogP) is 6.11. The molecule has 0 heterocycles. The van der Waals surface area contributed by atoms with Gasteiger partial charge in [0.05, 0.1) is 20.5 Å². The molecule has 0 fully saturated rings. The molecule has 0 bridgehead atoms. The third-order valence-corrected chi connectivity index (χ3v) is 4.87. The maximum atomic E-state index is 12.1. The van der Waals surface area contributed by atoms with E-state index in [1.165, 1.54) is 14.2 Å². The highest BCUT2D eigenvalue weighted by molar-refractivity contribution is 9.28. The summed E-state index contributed by atoms with van der Waals surface area (Å²) in [4.78, 5) is 16.8. The number of hydrogen-bond acceptors (Lipinski definition) is 6. The third-order valence-electron chi connectivity index (χ3n) is 3.67. The Labute approximate surface area is 201 Å². The van der Waals surface area contributed by atoms with E-state index in [9.17, 15) is 4.79 Å². The number of carbonyl (C=O) groups is 1. The highest BCUT2D eigenvalue weighted by atomic mass is 79.9. The smallest absolute Gasteiger partial charge is 0.360 e. The van der Waals surface area contributed by atoms with Crippen molar-refractivity contribution in [3.05, 3.63) is 67.0 Å². The van der Waals surface area contributed by atoms with Gasteiger partial charge in [0.2, 0.25) is 0 Å². The van der Waals surface area contributed by atoms with Gasteiger partial charge >= 0.3 is 5.97 Å². The fourth-order valence-electron chi connectivity index (χ4n) is 2.37. The Morgan fingerprint density at radius 3 is 2.37 bits per heavy atom. The van der Waals surface area contributed by atoms with Gasteiger partial charge in [0.25, 0.3) is 0 Å². The Morgan fingerprint density at radius 2 is 1.77 bits per heavy atom. The predicted molar refractivity (Wildman–Crippen MR) is 124 cm³/mol. The molecule has 0 unspecified atom stereocenters. The summed E-state index contributed by atoms with van der Waals surface area (Å²) in [6.07, 6.45) is 1.76. The van der Waals surface area contributed by atoms with Crippen molar-refractivity contribution in [3.8, 4) is 11.5 Å². The van der Waals surface area contributed by atoms with Crippen LogP contribution >= 0.6 is 55.1 Å². The molecule has 2 rings (SSSR count). The molecule has 0 spiro atoms. The summed E-state index contributed by atoms with van der Waals surface area (Å²) in [5, 5.41) is 4.39. The number of benzene rings is 2. The molecular formula is C20H17Br2Cl2NO5. The zero-order chi connectivity index (χ0) is 22.1. The van der Waals surface area contributed by atoms with Crippen molar-refractivity contribution in [1.82, 2.24) is 0 Å². The van der Waals surface area contributed by atoms with Crippen LogP contribution in [0.2, 0.25) is 10.0 Å². The first kappa shape index (κ1) is 24.5. The van der Waals surface area contributed by atoms with Gasteiger partial charge in [-0.3, -0.25) is 0 Å². The van der Waals surface area contributed by atoms with Crippen molar-refractivity contribution in [3.63, 3.8) is 0 Å². The first-order valence-electron chi connectivity index (χ1n) is 8.40. The van der Waals surface area contributed by atoms with Gasteiger partial charge in [-0.1, -0.05) is 52.6 Å². The fraction of sp³-hybridized carbons (Fsp3) is 0.200. The second-order valence-corrected chi connectivity index (χ2v) is 9.17. The number of halogens is 4. The second-order valence-electron chi connectivity index (χ2n) is 5.58. The van der Waals surface area contributed by atoms with E-state index < -0.39 is 5.97 Å². The van der Waals surface area contributed by atoms with Crippen molar-refractivity contribution < 1.29 is 23.8 Å². The van der Waals surface area contributed by atoms with Crippen LogP contribution in [0, 0.1) is 0 Å². The molecule has 0 atom stereocenters. The molecule has 10 heteroatoms. The van der Waals surface area contributed by atoms with Gasteiger partial charge in [0.15, 0.2) is 11.5 Å². The lowest BCUT2D eigenvalue weighted by Gasteiger charge is -2.14. The summed E-state index contributed by atoms with van der Waals surface area (Å²) in [7, 11) is 2.62. The standard InChI is InChI=1S/C20H17Br2Cl2NO5/c1-27-20(26)18(25-28-2)14-6-4-3-5-12(14)11-30-13-9-15(23)19(16(24)10-13)29-8-7-17(21)22/h3-7,9-10H,8,11H2,1-2H3. The molecule has 0 saturated carbocycles. The number of methoxy groups -OCH3 is 1. The maximum Gasteiger partial charge on any atom is 0.360 e. The average Bonchev–Trinajstić information content (AvgIpc) is 2.72. The largest absolute Gasteiger partial charge is 0.489 e. The normalized spacial score (nSPS) is 10.9. The van der Waals surface area contributed by atoms with Crippen molar-refractivity contribution in [2.24, 2.45) is 5.16 Å². The Kier molecular flexibility index (Phi) is 9.97. The summed E-state index contributed by atoms with van der Waals surface area (Å²) in [6, 6.07) is 10.3. The summed E-state index contributed by atoms with van der Waals surface area (Å²) < 4.78 is 16.9. The molecule has 0 saturated heterocycles. The number of nitrogens with zero attached hydrogens (tertiary/aromatic N) is 1. The number of ether oxygens (including phenoxy) is 3. The van der Waals surface area contributed by atoms with Crippen LogP contribution in [0.25, 0.3) is 0 Å². The van der Waals surface area contributed by atoms with E-state index >= 15 is 0 Å². The van der Waals surface area contributed by atoms with Gasteiger partial charge in [-0.2, -0.15) is 0 Å². The lowest BCUT2D eigenvalue weighted by Crippen LogP contribution is -2.19. The lowest BCUT2D eigenvalue weighted by atomic mass is 10.0. The number of hydrogen-bond donors (Lipinski definition) is 0. The van der Waals surface area contributed by atoms with Gasteiger partial charge in [0, 0.05) is 17.7 Å². The van der Waals surface area contributed by atoms with Crippen molar-refractivity contribution in [1.29, 1.82) is 0 Å². The van der Waals surface area contributed by atoms with E-state index in [2.05, 4.69) is 37.0 Å². The van der Waals surface area contributed by atoms with Crippen LogP contribution in [0.1, 0.15) is 11.1 Å². The van der Waals surface area contributed by atoms with Crippen LogP contribution in [0.15, 0.2) is 51.0 Å². The first-order valence-corrected chi connectivity index (χ1v) is 10.7. The van der Waals surface area contributed by atoms with E-state index in [0.717, 1.165) is 3.39 Å². The zero-order valence-corrected chi connectivity index (χ0v) is 20.6. The molecule has 2 aromatic rings. The van der Waals surface area contributed by atoms with E-state index in [1.54, 1.807) is 36.4 Å². The molecule has 2 aromatic carbocycles. The Hall–Kier alpha value is -1.74. The van der Waals surface area contributed by atoms with Gasteiger partial charge in [0.1, 0.15) is 26.1 Å². The molecule has 0 aliphatic rings. The SMILES string of the molecule is CON=C(C(=O)OC)c1ccccc1COc1cc(Cl)c(OCC=C(Br)Br)c(Cl)c1. The molecule has 6 nitrogen and oxygen atoms in total. The molecule has 0 aromatic heterocycles. The van der Waals surface area contributed by atoms with E-state index in [4.69, 9.17) is 42.3 Å². The monoisotopic (exact) mass is 579 g/mol. The number of rotatable bonds is 9. The van der Waals surface area contributed by atoms with Crippen LogP contribution in [-0.4, -0.2) is 32.5 Å². The topological polar surface area (TPSA) is 66.4 Å². The second kappa shape index (κ2) is 12.2. The van der Waals surface area contributed by atoms with Gasteiger partial charge in [-0.25, -0.2) is 4.79 Å². The molecule has 0 N–H and O–H groups in total. The maximum absolute atomic E-state index is 12.1. The van der Waals surface area contributed by atoms with Gasteiger partial charge < -0.3 is 19.0 Å². The van der Waals surface area contributed by atoms with Gasteiger partial charge in [-0.15, -0.1) is 0 Å². The molecule has 0 aliphatic heterocycles. The molecule has 160 valence electrons. The van der Waals surface area contributed by atoms with Crippen LogP contribution < -0.4 is 9.47 Å².